The second-order valence-electron chi connectivity index (χ2n) is 6.38. The molecule has 0 saturated carbocycles. The van der Waals surface area contributed by atoms with Gasteiger partial charge in [-0.05, 0) is 42.0 Å². The lowest BCUT2D eigenvalue weighted by atomic mass is 9.95. The number of alkyl halides is 6. The molecule has 162 valence electrons. The summed E-state index contributed by atoms with van der Waals surface area (Å²) in [4.78, 5) is -0.347. The second kappa shape index (κ2) is 7.23. The van der Waals surface area contributed by atoms with Crippen LogP contribution in [0.3, 0.4) is 0 Å². The molecule has 13 heteroatoms. The molecule has 0 fully saturated rings. The van der Waals surface area contributed by atoms with Crippen LogP contribution in [-0.2, 0) is 16.2 Å². The molecule has 1 unspecified atom stereocenters. The molecule has 1 aliphatic heterocycles. The third-order valence-corrected chi connectivity index (χ3v) is 5.28. The molecule has 0 spiro atoms. The van der Waals surface area contributed by atoms with E-state index in [2.05, 4.69) is 5.10 Å². The van der Waals surface area contributed by atoms with Gasteiger partial charge in [-0.3, -0.25) is 5.01 Å². The van der Waals surface area contributed by atoms with Crippen LogP contribution in [0.5, 0.6) is 0 Å². The summed E-state index contributed by atoms with van der Waals surface area (Å²) in [6.07, 6.45) is -10.9. The molecule has 1 aliphatic rings. The van der Waals surface area contributed by atoms with Gasteiger partial charge in [0.2, 0.25) is 10.0 Å². The molecule has 2 aromatic carbocycles. The average molecular weight is 455 g/mol. The van der Waals surface area contributed by atoms with E-state index >= 15 is 0 Å². The molecule has 0 saturated heterocycles. The minimum Gasteiger partial charge on any atom is -0.257 e. The number of hydrogen-bond donors (Lipinski definition) is 1. The molecule has 0 aromatic heterocycles. The first-order chi connectivity index (χ1) is 13.7. The Morgan fingerprint density at radius 1 is 0.967 bits per heavy atom. The zero-order valence-electron chi connectivity index (χ0n) is 14.7. The van der Waals surface area contributed by atoms with Gasteiger partial charge >= 0.3 is 12.4 Å². The Hall–Kier alpha value is -2.67. The quantitative estimate of drug-likeness (QED) is 0.699. The molecule has 0 bridgehead atoms. The molecule has 5 nitrogen and oxygen atoms in total. The Kier molecular flexibility index (Phi) is 5.31. The number of hydrogen-bond acceptors (Lipinski definition) is 4. The number of rotatable bonds is 3. The van der Waals surface area contributed by atoms with Gasteiger partial charge in [-0.1, -0.05) is 6.07 Å². The van der Waals surface area contributed by atoms with Crippen molar-refractivity contribution in [1.82, 2.24) is 0 Å². The molecule has 0 radical (unpaired) electrons. The number of nitrogens with two attached hydrogens (primary N) is 1. The van der Waals surface area contributed by atoms with Gasteiger partial charge in [-0.15, -0.1) is 0 Å². The highest BCUT2D eigenvalue weighted by atomic mass is 32.2. The summed E-state index contributed by atoms with van der Waals surface area (Å²) in [5, 5.41) is 9.06. The zero-order chi connectivity index (χ0) is 22.5. The van der Waals surface area contributed by atoms with E-state index in [1.807, 2.05) is 0 Å². The summed E-state index contributed by atoms with van der Waals surface area (Å²) in [7, 11) is -4.10. The van der Waals surface area contributed by atoms with Crippen LogP contribution in [0.1, 0.15) is 23.6 Å². The Morgan fingerprint density at radius 2 is 1.57 bits per heavy atom. The van der Waals surface area contributed by atoms with Crippen molar-refractivity contribution in [3.8, 4) is 0 Å². The highest BCUT2D eigenvalue weighted by Crippen LogP contribution is 2.44. The number of hydrazone groups is 1. The number of benzene rings is 2. The van der Waals surface area contributed by atoms with Crippen molar-refractivity contribution in [1.29, 1.82) is 0 Å². The molecular weight excluding hydrogens is 443 g/mol. The largest absolute Gasteiger partial charge is 0.431 e. The van der Waals surface area contributed by atoms with Gasteiger partial charge in [0.25, 0.3) is 0 Å². The molecule has 2 N–H and O–H groups in total. The van der Waals surface area contributed by atoms with Crippen molar-refractivity contribution >= 4 is 21.4 Å². The molecule has 3 rings (SSSR count). The molecule has 1 heterocycles. The van der Waals surface area contributed by atoms with Crippen LogP contribution in [0, 0.1) is 5.82 Å². The van der Waals surface area contributed by atoms with Gasteiger partial charge in [0.15, 0.2) is 0 Å². The lowest BCUT2D eigenvalue weighted by Crippen LogP contribution is -2.23. The monoisotopic (exact) mass is 455 g/mol. The summed E-state index contributed by atoms with van der Waals surface area (Å²) in [6, 6.07) is 4.19. The van der Waals surface area contributed by atoms with Crippen molar-refractivity contribution in [3.63, 3.8) is 0 Å². The number of nitrogens with zero attached hydrogens (tertiary/aromatic N) is 2. The first-order valence-corrected chi connectivity index (χ1v) is 9.66. The van der Waals surface area contributed by atoms with Crippen LogP contribution < -0.4 is 10.1 Å². The average Bonchev–Trinajstić information content (AvgIpc) is 3.06. The summed E-state index contributed by atoms with van der Waals surface area (Å²) in [5.74, 6) is -1.20. The summed E-state index contributed by atoms with van der Waals surface area (Å²) < 4.78 is 116. The smallest absolute Gasteiger partial charge is 0.257 e. The topological polar surface area (TPSA) is 75.8 Å². The van der Waals surface area contributed by atoms with E-state index in [9.17, 15) is 39.2 Å². The van der Waals surface area contributed by atoms with Gasteiger partial charge < -0.3 is 0 Å². The fraction of sp³-hybridized carbons (Fsp3) is 0.235. The minimum atomic E-state index is -5.03. The second-order valence-corrected chi connectivity index (χ2v) is 7.94. The van der Waals surface area contributed by atoms with Crippen molar-refractivity contribution in [2.75, 3.05) is 5.01 Å². The van der Waals surface area contributed by atoms with Crippen LogP contribution >= 0.6 is 0 Å². The van der Waals surface area contributed by atoms with Crippen molar-refractivity contribution in [3.05, 3.63) is 59.4 Å². The van der Waals surface area contributed by atoms with Gasteiger partial charge in [0.05, 0.1) is 22.2 Å². The number of halogens is 7. The van der Waals surface area contributed by atoms with Crippen molar-refractivity contribution in [2.45, 2.75) is 29.7 Å². The fourth-order valence-corrected chi connectivity index (χ4v) is 3.53. The van der Waals surface area contributed by atoms with E-state index in [0.717, 1.165) is 30.3 Å². The van der Waals surface area contributed by atoms with Crippen LogP contribution in [0.4, 0.5) is 36.4 Å². The van der Waals surface area contributed by atoms with Crippen LogP contribution in [0.25, 0.3) is 0 Å². The van der Waals surface area contributed by atoms with Gasteiger partial charge in [-0.25, -0.2) is 17.9 Å². The Morgan fingerprint density at radius 3 is 2.07 bits per heavy atom. The number of sulfonamides is 1. The maximum atomic E-state index is 13.4. The molecule has 1 atom stereocenters. The highest BCUT2D eigenvalue weighted by Gasteiger charge is 2.46. The van der Waals surface area contributed by atoms with Crippen molar-refractivity contribution < 1.29 is 39.2 Å². The predicted molar refractivity (Wildman–Crippen MR) is 92.5 cm³/mol. The SMILES string of the molecule is NS(=O)(=O)c1ccc(N2N=C(C(F)(F)F)CC2c2ccc(F)cc2C(F)(F)F)cc1. The number of anilines is 1. The molecule has 0 aliphatic carbocycles. The lowest BCUT2D eigenvalue weighted by Gasteiger charge is -2.26. The van der Waals surface area contributed by atoms with Crippen LogP contribution in [0.2, 0.25) is 0 Å². The van der Waals surface area contributed by atoms with E-state index in [1.54, 1.807) is 0 Å². The summed E-state index contributed by atoms with van der Waals surface area (Å²) >= 11 is 0. The molecule has 0 amide bonds. The van der Waals surface area contributed by atoms with E-state index < -0.39 is 57.5 Å². The molecular formula is C17H12F7N3O2S. The molecule has 2 aromatic rings. The van der Waals surface area contributed by atoms with Gasteiger partial charge in [-0.2, -0.15) is 31.4 Å². The van der Waals surface area contributed by atoms with Crippen molar-refractivity contribution in [2.24, 2.45) is 10.2 Å². The standard InChI is InChI=1S/C17H12F7N3O2S/c18-9-1-6-12(13(7-9)16(19,20)21)14-8-15(17(22,23)24)26-27(14)10-2-4-11(5-3-10)30(25,28)29/h1-7,14H,8H2,(H2,25,28,29). The summed E-state index contributed by atoms with van der Waals surface area (Å²) in [5.41, 5.74) is -3.48. The van der Waals surface area contributed by atoms with E-state index in [-0.39, 0.29) is 16.6 Å². The predicted octanol–water partition coefficient (Wildman–Crippen LogP) is 4.36. The maximum Gasteiger partial charge on any atom is 0.431 e. The third-order valence-electron chi connectivity index (χ3n) is 4.35. The first-order valence-electron chi connectivity index (χ1n) is 8.11. The maximum absolute atomic E-state index is 13.4. The van der Waals surface area contributed by atoms with E-state index in [1.165, 1.54) is 0 Å². The Balaban J connectivity index is 2.13. The fourth-order valence-electron chi connectivity index (χ4n) is 3.02. The Labute approximate surface area is 165 Å². The zero-order valence-corrected chi connectivity index (χ0v) is 15.5. The lowest BCUT2D eigenvalue weighted by molar-refractivity contribution is -0.138. The number of primary sulfonamides is 1. The van der Waals surface area contributed by atoms with Crippen LogP contribution in [0.15, 0.2) is 52.5 Å². The minimum absolute atomic E-state index is 0.107. The molecule has 30 heavy (non-hydrogen) atoms. The van der Waals surface area contributed by atoms with E-state index in [0.29, 0.717) is 11.1 Å². The van der Waals surface area contributed by atoms with E-state index in [4.69, 9.17) is 5.14 Å². The summed E-state index contributed by atoms with van der Waals surface area (Å²) in [6.45, 7) is 0. The normalized spacial score (nSPS) is 17.9. The van der Waals surface area contributed by atoms with Gasteiger partial charge in [0.1, 0.15) is 11.5 Å². The van der Waals surface area contributed by atoms with Gasteiger partial charge in [0, 0.05) is 6.42 Å². The first kappa shape index (κ1) is 22.0. The highest BCUT2D eigenvalue weighted by molar-refractivity contribution is 7.89. The Bertz CT molecular complexity index is 1090. The third kappa shape index (κ3) is 4.41. The van der Waals surface area contributed by atoms with Crippen LogP contribution in [-0.4, -0.2) is 20.3 Å².